The summed E-state index contributed by atoms with van der Waals surface area (Å²) in [6.07, 6.45) is 5.33. The highest BCUT2D eigenvalue weighted by molar-refractivity contribution is 5.44. The molecule has 1 unspecified atom stereocenters. The Bertz CT molecular complexity index is 399. The number of aromatic nitrogens is 2. The third-order valence-corrected chi connectivity index (χ3v) is 3.51. The van der Waals surface area contributed by atoms with Crippen molar-refractivity contribution in [3.05, 3.63) is 17.1 Å². The van der Waals surface area contributed by atoms with Gasteiger partial charge in [0.2, 0.25) is 0 Å². The number of aryl methyl sites for hydroxylation is 1. The van der Waals surface area contributed by atoms with Crippen LogP contribution >= 0.6 is 0 Å². The van der Waals surface area contributed by atoms with Crippen molar-refractivity contribution in [3.8, 4) is 0 Å². The lowest BCUT2D eigenvalue weighted by Gasteiger charge is -2.09. The average Bonchev–Trinajstić information content (AvgIpc) is 2.87. The highest BCUT2D eigenvalue weighted by Gasteiger charge is 2.21. The second-order valence-corrected chi connectivity index (χ2v) is 4.74. The summed E-state index contributed by atoms with van der Waals surface area (Å²) in [5.41, 5.74) is 8.33. The lowest BCUT2D eigenvalue weighted by molar-refractivity contribution is 0.185. The van der Waals surface area contributed by atoms with Crippen molar-refractivity contribution in [3.63, 3.8) is 0 Å². The highest BCUT2D eigenvalue weighted by atomic mass is 16.5. The van der Waals surface area contributed by atoms with Gasteiger partial charge in [-0.15, -0.1) is 0 Å². The van der Waals surface area contributed by atoms with Gasteiger partial charge in [-0.05, 0) is 31.6 Å². The molecule has 0 bridgehead atoms. The first-order valence-electron chi connectivity index (χ1n) is 6.05. The summed E-state index contributed by atoms with van der Waals surface area (Å²) in [6.45, 7) is 1.73. The SMILES string of the molecule is Nc1nc(CC2CCOC2)nc2c1CCC2. The summed E-state index contributed by atoms with van der Waals surface area (Å²) in [6, 6.07) is 0. The van der Waals surface area contributed by atoms with Gasteiger partial charge in [0.25, 0.3) is 0 Å². The number of nitrogen functional groups attached to an aromatic ring is 1. The van der Waals surface area contributed by atoms with E-state index in [-0.39, 0.29) is 0 Å². The Morgan fingerprint density at radius 2 is 2.25 bits per heavy atom. The van der Waals surface area contributed by atoms with Gasteiger partial charge >= 0.3 is 0 Å². The van der Waals surface area contributed by atoms with Gasteiger partial charge in [-0.1, -0.05) is 0 Å². The third kappa shape index (κ3) is 1.78. The van der Waals surface area contributed by atoms with Crippen LogP contribution in [0.4, 0.5) is 5.82 Å². The fourth-order valence-corrected chi connectivity index (χ4v) is 2.61. The Balaban J connectivity index is 1.82. The normalized spacial score (nSPS) is 23.6. The second-order valence-electron chi connectivity index (χ2n) is 4.74. The maximum absolute atomic E-state index is 5.96. The van der Waals surface area contributed by atoms with Crippen LogP contribution in [0.2, 0.25) is 0 Å². The number of anilines is 1. The van der Waals surface area contributed by atoms with E-state index in [0.29, 0.717) is 11.7 Å². The van der Waals surface area contributed by atoms with Crippen LogP contribution < -0.4 is 5.73 Å². The largest absolute Gasteiger partial charge is 0.383 e. The van der Waals surface area contributed by atoms with Gasteiger partial charge < -0.3 is 10.5 Å². The van der Waals surface area contributed by atoms with E-state index in [1.165, 1.54) is 17.7 Å². The molecular formula is C12H17N3O. The Labute approximate surface area is 95.2 Å². The molecule has 3 rings (SSSR count). The number of rotatable bonds is 2. The Morgan fingerprint density at radius 1 is 1.31 bits per heavy atom. The van der Waals surface area contributed by atoms with Crippen LogP contribution in [-0.2, 0) is 24.0 Å². The summed E-state index contributed by atoms with van der Waals surface area (Å²) in [5, 5.41) is 0. The second kappa shape index (κ2) is 4.01. The minimum atomic E-state index is 0.582. The molecule has 0 radical (unpaired) electrons. The molecule has 1 aromatic rings. The molecule has 2 aliphatic rings. The van der Waals surface area contributed by atoms with Crippen molar-refractivity contribution in [1.29, 1.82) is 0 Å². The van der Waals surface area contributed by atoms with Gasteiger partial charge in [-0.2, -0.15) is 0 Å². The highest BCUT2D eigenvalue weighted by Crippen LogP contribution is 2.25. The fourth-order valence-electron chi connectivity index (χ4n) is 2.61. The number of fused-ring (bicyclic) bond motifs is 1. The average molecular weight is 219 g/mol. The zero-order valence-corrected chi connectivity index (χ0v) is 9.41. The van der Waals surface area contributed by atoms with Crippen LogP contribution in [0.1, 0.15) is 29.9 Å². The van der Waals surface area contributed by atoms with Gasteiger partial charge in [-0.3, -0.25) is 0 Å². The van der Waals surface area contributed by atoms with Crippen LogP contribution in [0, 0.1) is 5.92 Å². The molecule has 4 nitrogen and oxygen atoms in total. The van der Waals surface area contributed by atoms with E-state index >= 15 is 0 Å². The standard InChI is InChI=1S/C12H17N3O/c13-12-9-2-1-3-10(9)14-11(15-12)6-8-4-5-16-7-8/h8H,1-7H2,(H2,13,14,15). The molecule has 0 spiro atoms. The zero-order valence-electron chi connectivity index (χ0n) is 9.41. The number of ether oxygens (including phenoxy) is 1. The van der Waals surface area contributed by atoms with E-state index in [1.54, 1.807) is 0 Å². The van der Waals surface area contributed by atoms with Gasteiger partial charge in [-0.25, -0.2) is 9.97 Å². The molecule has 86 valence electrons. The summed E-state index contributed by atoms with van der Waals surface area (Å²) >= 11 is 0. The first-order valence-corrected chi connectivity index (χ1v) is 6.05. The summed E-state index contributed by atoms with van der Waals surface area (Å²) in [5.74, 6) is 2.20. The molecule has 2 heterocycles. The predicted molar refractivity (Wildman–Crippen MR) is 61.1 cm³/mol. The summed E-state index contributed by atoms with van der Waals surface area (Å²) in [7, 11) is 0. The van der Waals surface area contributed by atoms with E-state index in [2.05, 4.69) is 9.97 Å². The predicted octanol–water partition coefficient (Wildman–Crippen LogP) is 1.13. The van der Waals surface area contributed by atoms with Crippen LogP contribution in [0.3, 0.4) is 0 Å². The molecule has 1 fully saturated rings. The van der Waals surface area contributed by atoms with Crippen molar-refractivity contribution in [2.45, 2.75) is 32.1 Å². The first kappa shape index (κ1) is 10.0. The number of nitrogens with two attached hydrogens (primary N) is 1. The lowest BCUT2D eigenvalue weighted by Crippen LogP contribution is -2.11. The van der Waals surface area contributed by atoms with Gasteiger partial charge in [0.15, 0.2) is 0 Å². The lowest BCUT2D eigenvalue weighted by atomic mass is 10.0. The smallest absolute Gasteiger partial charge is 0.131 e. The van der Waals surface area contributed by atoms with Crippen LogP contribution in [0.5, 0.6) is 0 Å². The topological polar surface area (TPSA) is 61.0 Å². The first-order chi connectivity index (χ1) is 7.83. The molecule has 1 atom stereocenters. The molecule has 0 aromatic carbocycles. The molecule has 1 aromatic heterocycles. The molecule has 1 aliphatic carbocycles. The van der Waals surface area contributed by atoms with Crippen LogP contribution in [0.25, 0.3) is 0 Å². The monoisotopic (exact) mass is 219 g/mol. The number of hydrogen-bond donors (Lipinski definition) is 1. The van der Waals surface area contributed by atoms with Crippen molar-refractivity contribution in [2.75, 3.05) is 18.9 Å². The Hall–Kier alpha value is -1.16. The van der Waals surface area contributed by atoms with E-state index in [4.69, 9.17) is 10.5 Å². The molecule has 0 saturated carbocycles. The van der Waals surface area contributed by atoms with Crippen LogP contribution in [0.15, 0.2) is 0 Å². The summed E-state index contributed by atoms with van der Waals surface area (Å²) in [4.78, 5) is 9.05. The Morgan fingerprint density at radius 3 is 3.06 bits per heavy atom. The van der Waals surface area contributed by atoms with Gasteiger partial charge in [0.05, 0.1) is 0 Å². The number of nitrogens with zero attached hydrogens (tertiary/aromatic N) is 2. The van der Waals surface area contributed by atoms with Crippen molar-refractivity contribution < 1.29 is 4.74 Å². The quantitative estimate of drug-likeness (QED) is 0.810. The van der Waals surface area contributed by atoms with E-state index in [9.17, 15) is 0 Å². The van der Waals surface area contributed by atoms with Crippen molar-refractivity contribution >= 4 is 5.82 Å². The maximum atomic E-state index is 5.96. The molecular weight excluding hydrogens is 202 g/mol. The molecule has 1 saturated heterocycles. The molecule has 0 amide bonds. The molecule has 4 heteroatoms. The maximum Gasteiger partial charge on any atom is 0.131 e. The van der Waals surface area contributed by atoms with Gasteiger partial charge in [0.1, 0.15) is 11.6 Å². The zero-order chi connectivity index (χ0) is 11.0. The van der Waals surface area contributed by atoms with Crippen molar-refractivity contribution in [2.24, 2.45) is 5.92 Å². The van der Waals surface area contributed by atoms with E-state index in [0.717, 1.165) is 44.7 Å². The third-order valence-electron chi connectivity index (χ3n) is 3.51. The van der Waals surface area contributed by atoms with Crippen molar-refractivity contribution in [1.82, 2.24) is 9.97 Å². The number of hydrogen-bond acceptors (Lipinski definition) is 4. The minimum absolute atomic E-state index is 0.582. The fraction of sp³-hybridized carbons (Fsp3) is 0.667. The van der Waals surface area contributed by atoms with E-state index in [1.807, 2.05) is 0 Å². The Kier molecular flexibility index (Phi) is 2.52. The van der Waals surface area contributed by atoms with E-state index < -0.39 is 0 Å². The minimum Gasteiger partial charge on any atom is -0.383 e. The van der Waals surface area contributed by atoms with Gasteiger partial charge in [0, 0.05) is 30.9 Å². The molecule has 16 heavy (non-hydrogen) atoms. The molecule has 2 N–H and O–H groups in total. The molecule has 1 aliphatic heterocycles. The van der Waals surface area contributed by atoms with Crippen LogP contribution in [-0.4, -0.2) is 23.2 Å². The summed E-state index contributed by atoms with van der Waals surface area (Å²) < 4.78 is 5.37.